The van der Waals surface area contributed by atoms with Gasteiger partial charge in [-0.05, 0) is 75.0 Å². The SMILES string of the molecule is CCOC(=O)[C@]1(C#N)O[C@@]12CC[C@H]1[C@@H]3CC=C4C[C@H](OC(C)=O)CC[C@]4(C)[C@H]3CC[C@@]12C. The molecular weight excluding hydrogens is 406 g/mol. The van der Waals surface area contributed by atoms with Crippen molar-refractivity contribution >= 4 is 11.9 Å². The van der Waals surface area contributed by atoms with Gasteiger partial charge >= 0.3 is 11.9 Å². The molecule has 0 aromatic heterocycles. The minimum Gasteiger partial charge on any atom is -0.463 e. The summed E-state index contributed by atoms with van der Waals surface area (Å²) in [6, 6.07) is 2.22. The maximum atomic E-state index is 12.7. The van der Waals surface area contributed by atoms with Gasteiger partial charge in [0, 0.05) is 18.8 Å². The predicted octanol–water partition coefficient (Wildman–Crippen LogP) is 4.48. The van der Waals surface area contributed by atoms with Crippen LogP contribution in [0.15, 0.2) is 11.6 Å². The summed E-state index contributed by atoms with van der Waals surface area (Å²) in [6.45, 7) is 8.20. The number of hydrogen-bond donors (Lipinski definition) is 0. The fourth-order valence-electron chi connectivity index (χ4n) is 8.54. The molecule has 0 bridgehead atoms. The zero-order valence-corrected chi connectivity index (χ0v) is 19.7. The number of rotatable bonds is 3. The van der Waals surface area contributed by atoms with Crippen LogP contribution in [0.4, 0.5) is 0 Å². The minimum atomic E-state index is -1.43. The molecule has 0 N–H and O–H groups in total. The van der Waals surface area contributed by atoms with E-state index >= 15 is 0 Å². The van der Waals surface area contributed by atoms with Crippen LogP contribution in [-0.2, 0) is 23.8 Å². The highest BCUT2D eigenvalue weighted by molar-refractivity contribution is 5.89. The number of nitriles is 1. The van der Waals surface area contributed by atoms with Crippen LogP contribution in [0, 0.1) is 39.9 Å². The summed E-state index contributed by atoms with van der Waals surface area (Å²) >= 11 is 0. The number of epoxide rings is 1. The topological polar surface area (TPSA) is 88.9 Å². The third-order valence-corrected chi connectivity index (χ3v) is 10.1. The Bertz CT molecular complexity index is 922. The first kappa shape index (κ1) is 21.9. The summed E-state index contributed by atoms with van der Waals surface area (Å²) in [5, 5.41) is 9.98. The van der Waals surface area contributed by atoms with Crippen molar-refractivity contribution in [3.8, 4) is 6.07 Å². The van der Waals surface area contributed by atoms with Crippen molar-refractivity contribution in [1.82, 2.24) is 0 Å². The second kappa shape index (κ2) is 7.06. The van der Waals surface area contributed by atoms with Crippen molar-refractivity contribution in [2.75, 3.05) is 6.61 Å². The Balaban J connectivity index is 1.41. The molecule has 1 heterocycles. The van der Waals surface area contributed by atoms with Crippen LogP contribution in [0.3, 0.4) is 0 Å². The lowest BCUT2D eigenvalue weighted by atomic mass is 9.47. The second-order valence-corrected chi connectivity index (χ2v) is 11.2. The number of allylic oxidation sites excluding steroid dienone is 1. The lowest BCUT2D eigenvalue weighted by molar-refractivity contribution is -0.149. The third-order valence-electron chi connectivity index (χ3n) is 10.1. The van der Waals surface area contributed by atoms with Crippen LogP contribution in [-0.4, -0.2) is 35.9 Å². The average Bonchev–Trinajstić information content (AvgIpc) is 3.34. The first-order valence-corrected chi connectivity index (χ1v) is 12.3. The van der Waals surface area contributed by atoms with Gasteiger partial charge in [0.15, 0.2) is 0 Å². The Morgan fingerprint density at radius 3 is 2.62 bits per heavy atom. The summed E-state index contributed by atoms with van der Waals surface area (Å²) in [7, 11) is 0. The van der Waals surface area contributed by atoms with E-state index in [1.165, 1.54) is 12.5 Å². The fourth-order valence-corrected chi connectivity index (χ4v) is 8.54. The fraction of sp³-hybridized carbons (Fsp3) is 0.808. The first-order chi connectivity index (χ1) is 15.2. The maximum absolute atomic E-state index is 12.7. The summed E-state index contributed by atoms with van der Waals surface area (Å²) in [5.74, 6) is 0.867. The summed E-state index contributed by atoms with van der Waals surface area (Å²) in [6.07, 6.45) is 10.1. The Hall–Kier alpha value is -1.87. The first-order valence-electron chi connectivity index (χ1n) is 12.3. The van der Waals surface area contributed by atoms with Gasteiger partial charge in [-0.15, -0.1) is 0 Å². The van der Waals surface area contributed by atoms with Crippen molar-refractivity contribution < 1.29 is 23.8 Å². The summed E-state index contributed by atoms with van der Waals surface area (Å²) < 4.78 is 17.0. The van der Waals surface area contributed by atoms with E-state index in [9.17, 15) is 14.9 Å². The number of carbonyl (C=O) groups excluding carboxylic acids is 2. The smallest absolute Gasteiger partial charge is 0.356 e. The van der Waals surface area contributed by atoms with Crippen LogP contribution in [0.1, 0.15) is 79.1 Å². The minimum absolute atomic E-state index is 0.00710. The molecule has 0 aromatic carbocycles. The monoisotopic (exact) mass is 441 g/mol. The quantitative estimate of drug-likeness (QED) is 0.365. The van der Waals surface area contributed by atoms with Gasteiger partial charge in [-0.2, -0.15) is 5.26 Å². The van der Waals surface area contributed by atoms with Crippen molar-refractivity contribution in [2.45, 2.75) is 96.4 Å². The highest BCUT2D eigenvalue weighted by atomic mass is 16.7. The molecule has 6 heteroatoms. The molecule has 32 heavy (non-hydrogen) atoms. The van der Waals surface area contributed by atoms with Crippen LogP contribution < -0.4 is 0 Å². The van der Waals surface area contributed by atoms with Gasteiger partial charge in [0.05, 0.1) is 6.61 Å². The largest absolute Gasteiger partial charge is 0.463 e. The van der Waals surface area contributed by atoms with E-state index in [1.807, 2.05) is 0 Å². The molecular formula is C26H35NO5. The highest BCUT2D eigenvalue weighted by Gasteiger charge is 2.86. The lowest BCUT2D eigenvalue weighted by Crippen LogP contribution is -2.53. The Kier molecular flexibility index (Phi) is 4.84. The van der Waals surface area contributed by atoms with E-state index in [1.54, 1.807) is 6.92 Å². The Morgan fingerprint density at radius 1 is 1.19 bits per heavy atom. The number of nitrogens with zero attached hydrogens (tertiary/aromatic N) is 1. The van der Waals surface area contributed by atoms with Gasteiger partial charge in [-0.25, -0.2) is 4.79 Å². The summed E-state index contributed by atoms with van der Waals surface area (Å²) in [5.41, 5.74) is -0.703. The Morgan fingerprint density at radius 2 is 1.94 bits per heavy atom. The molecule has 4 aliphatic carbocycles. The molecule has 1 aliphatic heterocycles. The molecule has 1 saturated heterocycles. The molecule has 174 valence electrons. The standard InChI is InChI=1S/C26H35NO5/c1-5-30-22(29)25(15-27)26(32-25)13-10-21-19-7-6-17-14-18(31-16(2)28)8-11-23(17,3)20(19)9-12-24(21,26)4/h6,18-21H,5,7-14H2,1-4H3/t18-,19-,20+,21+,23+,24+,25+,26-/m1/s1. The van der Waals surface area contributed by atoms with Crippen LogP contribution in [0.5, 0.6) is 0 Å². The van der Waals surface area contributed by atoms with Crippen molar-refractivity contribution in [3.05, 3.63) is 11.6 Å². The molecule has 0 amide bonds. The van der Waals surface area contributed by atoms with Crippen LogP contribution in [0.2, 0.25) is 0 Å². The molecule has 8 atom stereocenters. The van der Waals surface area contributed by atoms with Crippen molar-refractivity contribution in [2.24, 2.45) is 28.6 Å². The number of fused-ring (bicyclic) bond motifs is 6. The number of carbonyl (C=O) groups is 2. The lowest BCUT2D eigenvalue weighted by Gasteiger charge is -2.57. The molecule has 5 rings (SSSR count). The van der Waals surface area contributed by atoms with Gasteiger partial charge in [0.25, 0.3) is 5.60 Å². The average molecular weight is 442 g/mol. The van der Waals surface area contributed by atoms with Crippen LogP contribution in [0.25, 0.3) is 0 Å². The second-order valence-electron chi connectivity index (χ2n) is 11.2. The molecule has 1 spiro atoms. The molecule has 5 aliphatic rings. The molecule has 3 saturated carbocycles. The van der Waals surface area contributed by atoms with Gasteiger partial charge in [0.2, 0.25) is 0 Å². The van der Waals surface area contributed by atoms with Crippen molar-refractivity contribution in [1.29, 1.82) is 5.26 Å². The van der Waals surface area contributed by atoms with E-state index < -0.39 is 17.2 Å². The molecule has 6 nitrogen and oxygen atoms in total. The highest BCUT2D eigenvalue weighted by Crippen LogP contribution is 2.75. The van der Waals surface area contributed by atoms with Gasteiger partial charge in [-0.3, -0.25) is 4.79 Å². The molecule has 4 fully saturated rings. The zero-order valence-electron chi connectivity index (χ0n) is 19.7. The van der Waals surface area contributed by atoms with E-state index in [-0.39, 0.29) is 29.5 Å². The normalized spacial score (nSPS) is 48.5. The van der Waals surface area contributed by atoms with Crippen LogP contribution >= 0.6 is 0 Å². The number of esters is 2. The maximum Gasteiger partial charge on any atom is 0.356 e. The van der Waals surface area contributed by atoms with E-state index in [4.69, 9.17) is 14.2 Å². The van der Waals surface area contributed by atoms with Gasteiger partial charge in [0.1, 0.15) is 17.8 Å². The number of hydrogen-bond acceptors (Lipinski definition) is 6. The van der Waals surface area contributed by atoms with Gasteiger partial charge < -0.3 is 14.2 Å². The number of ether oxygens (including phenoxy) is 3. The van der Waals surface area contributed by atoms with Gasteiger partial charge in [-0.1, -0.05) is 25.5 Å². The van der Waals surface area contributed by atoms with E-state index in [0.29, 0.717) is 17.8 Å². The summed E-state index contributed by atoms with van der Waals surface area (Å²) in [4.78, 5) is 24.2. The molecule has 0 aromatic rings. The van der Waals surface area contributed by atoms with E-state index in [2.05, 4.69) is 26.0 Å². The third kappa shape index (κ3) is 2.61. The van der Waals surface area contributed by atoms with E-state index in [0.717, 1.165) is 51.4 Å². The zero-order chi connectivity index (χ0) is 22.9. The van der Waals surface area contributed by atoms with Crippen molar-refractivity contribution in [3.63, 3.8) is 0 Å². The predicted molar refractivity (Wildman–Crippen MR) is 116 cm³/mol. The Labute approximate surface area is 190 Å². The molecule has 0 radical (unpaired) electrons. The molecule has 0 unspecified atom stereocenters.